The van der Waals surface area contributed by atoms with Crippen molar-refractivity contribution in [2.75, 3.05) is 43.1 Å². The molecule has 7 rings (SSSR count). The van der Waals surface area contributed by atoms with Gasteiger partial charge in [0.1, 0.15) is 11.3 Å². The standard InChI is InChI=1S/C33H34FN7O6/c1-18-4-7-26-22(12-18)30(43)32(44)40(26)11-10-39-16-20(35-36-39)15-37-8-9-38(14-19(37)2)28-25(34)13-23-27(31(28)47-3)41(21-5-6-21)17-24(29(23)42)33(45)46/h4,7,12-13,16-17,19,21H,5-6,8-11,14-15H2,1-3H3,(H,45,46). The minimum atomic E-state index is -1.35. The number of benzene rings is 2. The summed E-state index contributed by atoms with van der Waals surface area (Å²) in [5, 5.41) is 18.2. The molecule has 1 saturated heterocycles. The monoisotopic (exact) mass is 643 g/mol. The van der Waals surface area contributed by atoms with Gasteiger partial charge >= 0.3 is 5.97 Å². The van der Waals surface area contributed by atoms with Crippen LogP contribution in [-0.4, -0.2) is 86.6 Å². The summed E-state index contributed by atoms with van der Waals surface area (Å²) in [7, 11) is 1.44. The van der Waals surface area contributed by atoms with Crippen LogP contribution in [0.1, 0.15) is 57.8 Å². The van der Waals surface area contributed by atoms with E-state index in [2.05, 4.69) is 15.2 Å². The quantitative estimate of drug-likeness (QED) is 0.271. The number of hydrogen-bond donors (Lipinski definition) is 1. The van der Waals surface area contributed by atoms with Crippen LogP contribution in [0.25, 0.3) is 10.9 Å². The Labute approximate surface area is 268 Å². The van der Waals surface area contributed by atoms with Gasteiger partial charge in [0, 0.05) is 57.2 Å². The predicted octanol–water partition coefficient (Wildman–Crippen LogP) is 3.02. The molecule has 3 aliphatic rings. The molecule has 47 heavy (non-hydrogen) atoms. The Morgan fingerprint density at radius 1 is 1.11 bits per heavy atom. The van der Waals surface area contributed by atoms with Crippen LogP contribution in [0.4, 0.5) is 15.8 Å². The second-order valence-electron chi connectivity index (χ2n) is 12.5. The van der Waals surface area contributed by atoms with Crippen LogP contribution in [0.5, 0.6) is 5.75 Å². The maximum absolute atomic E-state index is 15.8. The summed E-state index contributed by atoms with van der Waals surface area (Å²) >= 11 is 0. The lowest BCUT2D eigenvalue weighted by Crippen LogP contribution is -2.51. The molecule has 14 heteroatoms. The lowest BCUT2D eigenvalue weighted by molar-refractivity contribution is -0.114. The van der Waals surface area contributed by atoms with Gasteiger partial charge in [-0.05, 0) is 44.9 Å². The molecular weight excluding hydrogens is 609 g/mol. The number of hydrogen-bond acceptors (Lipinski definition) is 9. The van der Waals surface area contributed by atoms with Gasteiger partial charge in [0.05, 0.1) is 41.5 Å². The van der Waals surface area contributed by atoms with E-state index in [0.29, 0.717) is 49.5 Å². The molecule has 2 aromatic carbocycles. The second-order valence-corrected chi connectivity index (χ2v) is 12.5. The summed E-state index contributed by atoms with van der Waals surface area (Å²) in [5.41, 5.74) is 2.22. The van der Waals surface area contributed by atoms with E-state index in [1.807, 2.05) is 31.0 Å². The summed E-state index contributed by atoms with van der Waals surface area (Å²) < 4.78 is 25.0. The summed E-state index contributed by atoms with van der Waals surface area (Å²) in [4.78, 5) is 55.5. The number of ether oxygens (including phenoxy) is 1. The molecule has 2 aliphatic heterocycles. The minimum Gasteiger partial charge on any atom is -0.492 e. The van der Waals surface area contributed by atoms with Crippen LogP contribution in [0.15, 0.2) is 41.5 Å². The molecule has 1 saturated carbocycles. The molecule has 2 fully saturated rings. The number of anilines is 2. The third kappa shape index (κ3) is 5.31. The Kier molecular flexibility index (Phi) is 7.54. The van der Waals surface area contributed by atoms with Crippen LogP contribution in [0, 0.1) is 12.7 Å². The number of carboxylic acids is 1. The van der Waals surface area contributed by atoms with E-state index in [0.717, 1.165) is 30.2 Å². The van der Waals surface area contributed by atoms with Gasteiger partial charge in [-0.3, -0.25) is 24.0 Å². The van der Waals surface area contributed by atoms with E-state index < -0.39 is 34.5 Å². The predicted molar refractivity (Wildman–Crippen MR) is 170 cm³/mol. The van der Waals surface area contributed by atoms with E-state index in [9.17, 15) is 24.3 Å². The number of rotatable bonds is 9. The zero-order valence-corrected chi connectivity index (χ0v) is 26.3. The molecule has 1 unspecified atom stereocenters. The maximum Gasteiger partial charge on any atom is 0.341 e. The first-order valence-electron chi connectivity index (χ1n) is 15.6. The first kappa shape index (κ1) is 30.5. The first-order valence-corrected chi connectivity index (χ1v) is 15.6. The van der Waals surface area contributed by atoms with Crippen LogP contribution >= 0.6 is 0 Å². The zero-order chi connectivity index (χ0) is 33.1. The average Bonchev–Trinajstić information content (AvgIpc) is 3.75. The van der Waals surface area contributed by atoms with E-state index in [4.69, 9.17) is 4.74 Å². The fraction of sp³-hybridized carbons (Fsp3) is 0.394. The maximum atomic E-state index is 15.8. The van der Waals surface area contributed by atoms with Crippen molar-refractivity contribution in [3.63, 3.8) is 0 Å². The van der Waals surface area contributed by atoms with Gasteiger partial charge in [-0.25, -0.2) is 9.18 Å². The van der Waals surface area contributed by atoms with Crippen LogP contribution in [0.3, 0.4) is 0 Å². The number of fused-ring (bicyclic) bond motifs is 2. The molecule has 2 aromatic heterocycles. The number of nitrogens with zero attached hydrogens (tertiary/aromatic N) is 7. The molecule has 244 valence electrons. The van der Waals surface area contributed by atoms with Crippen molar-refractivity contribution in [3.8, 4) is 5.75 Å². The second kappa shape index (κ2) is 11.6. The largest absolute Gasteiger partial charge is 0.492 e. The highest BCUT2D eigenvalue weighted by Crippen LogP contribution is 2.44. The molecule has 0 radical (unpaired) electrons. The average molecular weight is 644 g/mol. The van der Waals surface area contributed by atoms with Gasteiger partial charge in [0.15, 0.2) is 11.6 Å². The number of aromatic carboxylic acids is 1. The highest BCUT2D eigenvalue weighted by atomic mass is 19.1. The number of halogens is 1. The number of carboxylic acid groups (broad SMARTS) is 1. The van der Waals surface area contributed by atoms with Gasteiger partial charge in [-0.15, -0.1) is 5.10 Å². The molecule has 4 aromatic rings. The molecular formula is C33H34FN7O6. The normalized spacial score (nSPS) is 18.3. The molecule has 1 amide bonds. The Bertz CT molecular complexity index is 2020. The fourth-order valence-corrected chi connectivity index (χ4v) is 6.72. The van der Waals surface area contributed by atoms with Crippen molar-refractivity contribution in [2.45, 2.75) is 51.9 Å². The Morgan fingerprint density at radius 3 is 2.60 bits per heavy atom. The van der Waals surface area contributed by atoms with Crippen LogP contribution in [0.2, 0.25) is 0 Å². The number of carbonyl (C=O) groups excluding carboxylic acids is 2. The molecule has 13 nitrogen and oxygen atoms in total. The topological polar surface area (TPSA) is 143 Å². The molecule has 4 heterocycles. The lowest BCUT2D eigenvalue weighted by Gasteiger charge is -2.41. The molecule has 0 bridgehead atoms. The summed E-state index contributed by atoms with van der Waals surface area (Å²) in [5.74, 6) is -2.81. The van der Waals surface area contributed by atoms with Gasteiger partial charge in [-0.1, -0.05) is 16.8 Å². The van der Waals surface area contributed by atoms with Crippen molar-refractivity contribution < 1.29 is 28.6 Å². The van der Waals surface area contributed by atoms with E-state index >= 15 is 4.39 Å². The van der Waals surface area contributed by atoms with Crippen LogP contribution < -0.4 is 20.0 Å². The fourth-order valence-electron chi connectivity index (χ4n) is 6.72. The number of Topliss-reactive ketones (excluding diaryl/α,β-unsaturated/α-hetero) is 1. The third-order valence-electron chi connectivity index (χ3n) is 9.29. The zero-order valence-electron chi connectivity index (χ0n) is 26.3. The van der Waals surface area contributed by atoms with Gasteiger partial charge in [0.2, 0.25) is 5.43 Å². The minimum absolute atomic E-state index is 0.00956. The number of ketones is 1. The highest BCUT2D eigenvalue weighted by Gasteiger charge is 2.36. The van der Waals surface area contributed by atoms with Crippen molar-refractivity contribution in [3.05, 3.63) is 75.1 Å². The molecule has 1 aliphatic carbocycles. The van der Waals surface area contributed by atoms with Crippen molar-refractivity contribution in [2.24, 2.45) is 0 Å². The Morgan fingerprint density at radius 2 is 1.89 bits per heavy atom. The van der Waals surface area contributed by atoms with Gasteiger partial charge < -0.3 is 24.2 Å². The summed E-state index contributed by atoms with van der Waals surface area (Å²) in [6.07, 6.45) is 4.84. The van der Waals surface area contributed by atoms with Gasteiger partial charge in [0.25, 0.3) is 11.7 Å². The number of aromatic nitrogens is 4. The number of amides is 1. The van der Waals surface area contributed by atoms with Gasteiger partial charge in [-0.2, -0.15) is 0 Å². The molecule has 0 spiro atoms. The van der Waals surface area contributed by atoms with E-state index in [1.165, 1.54) is 18.2 Å². The lowest BCUT2D eigenvalue weighted by atomic mass is 10.1. The third-order valence-corrected chi connectivity index (χ3v) is 9.29. The number of methoxy groups -OCH3 is 1. The SMILES string of the molecule is COc1c(N2CCN(Cc3cn(CCN4C(=O)C(=O)c5cc(C)ccc54)nn3)C(C)C2)c(F)cc2c(=O)c(C(=O)O)cn(C3CC3)c12. The van der Waals surface area contributed by atoms with E-state index in [-0.39, 0.29) is 35.5 Å². The Hall–Kier alpha value is -5.11. The smallest absolute Gasteiger partial charge is 0.341 e. The van der Waals surface area contributed by atoms with Crippen molar-refractivity contribution in [1.29, 1.82) is 0 Å². The van der Waals surface area contributed by atoms with Crippen molar-refractivity contribution in [1.82, 2.24) is 24.5 Å². The molecule has 1 N–H and O–H groups in total. The first-order chi connectivity index (χ1) is 22.5. The molecule has 1 atom stereocenters. The van der Waals surface area contributed by atoms with Crippen LogP contribution in [-0.2, 0) is 17.9 Å². The Balaban J connectivity index is 1.06. The number of pyridine rings is 1. The van der Waals surface area contributed by atoms with E-state index in [1.54, 1.807) is 21.4 Å². The summed E-state index contributed by atoms with van der Waals surface area (Å²) in [6, 6.07) is 6.55. The highest BCUT2D eigenvalue weighted by molar-refractivity contribution is 6.52. The summed E-state index contributed by atoms with van der Waals surface area (Å²) in [6.45, 7) is 6.60. The number of piperazine rings is 1. The van der Waals surface area contributed by atoms with Crippen molar-refractivity contribution >= 4 is 39.9 Å². The number of carbonyl (C=O) groups is 3. The number of aryl methyl sites for hydroxylation is 1.